The molecule has 0 aromatic heterocycles. The Morgan fingerprint density at radius 1 is 1.32 bits per heavy atom. The van der Waals surface area contributed by atoms with Gasteiger partial charge in [-0.3, -0.25) is 9.59 Å². The van der Waals surface area contributed by atoms with E-state index in [2.05, 4.69) is 10.6 Å². The summed E-state index contributed by atoms with van der Waals surface area (Å²) in [6.45, 7) is 5.45. The van der Waals surface area contributed by atoms with Crippen LogP contribution in [0.5, 0.6) is 5.75 Å². The van der Waals surface area contributed by atoms with E-state index in [1.165, 1.54) is 6.07 Å². The van der Waals surface area contributed by atoms with Gasteiger partial charge in [0.2, 0.25) is 5.91 Å². The van der Waals surface area contributed by atoms with Gasteiger partial charge in [-0.15, -0.1) is 0 Å². The fraction of sp³-hybridized carbons (Fsp3) is 0.385. The van der Waals surface area contributed by atoms with E-state index in [9.17, 15) is 14.7 Å². The Morgan fingerprint density at radius 3 is 2.53 bits per heavy atom. The second-order valence-electron chi connectivity index (χ2n) is 5.14. The number of benzene rings is 1. The molecule has 1 aromatic carbocycles. The molecule has 6 heteroatoms. The SMILES string of the molecule is CC(C)(C)NC(=O)CNC(=O)c1cc(I)ccc1O. The molecular formula is C13H17IN2O3. The molecule has 104 valence electrons. The number of rotatable bonds is 3. The van der Waals surface area contributed by atoms with Gasteiger partial charge in [0, 0.05) is 9.11 Å². The topological polar surface area (TPSA) is 78.4 Å². The lowest BCUT2D eigenvalue weighted by Crippen LogP contribution is -2.45. The van der Waals surface area contributed by atoms with Crippen LogP contribution >= 0.6 is 22.6 Å². The lowest BCUT2D eigenvalue weighted by atomic mass is 10.1. The molecule has 0 bridgehead atoms. The Balaban J connectivity index is 2.61. The van der Waals surface area contributed by atoms with Crippen molar-refractivity contribution in [2.45, 2.75) is 26.3 Å². The first-order chi connectivity index (χ1) is 8.69. The van der Waals surface area contributed by atoms with Crippen LogP contribution in [0.2, 0.25) is 0 Å². The highest BCUT2D eigenvalue weighted by atomic mass is 127. The molecule has 5 nitrogen and oxygen atoms in total. The summed E-state index contributed by atoms with van der Waals surface area (Å²) in [7, 11) is 0. The quantitative estimate of drug-likeness (QED) is 0.702. The highest BCUT2D eigenvalue weighted by Gasteiger charge is 2.16. The zero-order valence-corrected chi connectivity index (χ0v) is 13.2. The molecule has 0 fully saturated rings. The van der Waals surface area contributed by atoms with Gasteiger partial charge in [0.25, 0.3) is 5.91 Å². The van der Waals surface area contributed by atoms with Gasteiger partial charge in [0.05, 0.1) is 12.1 Å². The molecule has 2 amide bonds. The number of nitrogens with one attached hydrogen (secondary N) is 2. The van der Waals surface area contributed by atoms with E-state index in [1.54, 1.807) is 12.1 Å². The van der Waals surface area contributed by atoms with E-state index in [1.807, 2.05) is 43.4 Å². The number of hydrogen-bond donors (Lipinski definition) is 3. The van der Waals surface area contributed by atoms with E-state index >= 15 is 0 Å². The second-order valence-corrected chi connectivity index (χ2v) is 6.39. The highest BCUT2D eigenvalue weighted by molar-refractivity contribution is 14.1. The average molecular weight is 376 g/mol. The fourth-order valence-electron chi connectivity index (χ4n) is 1.41. The van der Waals surface area contributed by atoms with Gasteiger partial charge >= 0.3 is 0 Å². The van der Waals surface area contributed by atoms with Gasteiger partial charge in [0.15, 0.2) is 0 Å². The van der Waals surface area contributed by atoms with Crippen LogP contribution in [0, 0.1) is 3.57 Å². The van der Waals surface area contributed by atoms with E-state index in [0.29, 0.717) is 0 Å². The molecule has 0 spiro atoms. The van der Waals surface area contributed by atoms with Crippen molar-refractivity contribution in [3.63, 3.8) is 0 Å². The summed E-state index contributed by atoms with van der Waals surface area (Å²) in [6.07, 6.45) is 0. The maximum Gasteiger partial charge on any atom is 0.255 e. The molecule has 0 unspecified atom stereocenters. The minimum atomic E-state index is -0.472. The summed E-state index contributed by atoms with van der Waals surface area (Å²) in [5, 5.41) is 14.8. The predicted molar refractivity (Wildman–Crippen MR) is 81.1 cm³/mol. The standard InChI is InChI=1S/C13H17IN2O3/c1-13(2,3)16-11(18)7-15-12(19)9-6-8(14)4-5-10(9)17/h4-6,17H,7H2,1-3H3,(H,15,19)(H,16,18). The van der Waals surface area contributed by atoms with Crippen LogP contribution in [0.4, 0.5) is 0 Å². The van der Waals surface area contributed by atoms with Crippen molar-refractivity contribution >= 4 is 34.4 Å². The van der Waals surface area contributed by atoms with Crippen molar-refractivity contribution in [3.8, 4) is 5.75 Å². The number of halogens is 1. The first kappa shape index (κ1) is 15.7. The van der Waals surface area contributed by atoms with E-state index in [0.717, 1.165) is 3.57 Å². The zero-order chi connectivity index (χ0) is 14.6. The predicted octanol–water partition coefficient (Wildman–Crippen LogP) is 1.64. The van der Waals surface area contributed by atoms with Crippen LogP contribution in [-0.2, 0) is 4.79 Å². The molecule has 0 aliphatic rings. The molecule has 0 heterocycles. The van der Waals surface area contributed by atoms with Crippen molar-refractivity contribution in [3.05, 3.63) is 27.3 Å². The third kappa shape index (κ3) is 5.46. The number of amides is 2. The summed E-state index contributed by atoms with van der Waals surface area (Å²) in [4.78, 5) is 23.4. The van der Waals surface area contributed by atoms with E-state index < -0.39 is 5.91 Å². The summed E-state index contributed by atoms with van der Waals surface area (Å²) in [5.41, 5.74) is -0.179. The van der Waals surface area contributed by atoms with Crippen LogP contribution < -0.4 is 10.6 Å². The number of carbonyl (C=O) groups is 2. The van der Waals surface area contributed by atoms with E-state index in [-0.39, 0.29) is 29.3 Å². The molecular weight excluding hydrogens is 359 g/mol. The third-order valence-electron chi connectivity index (χ3n) is 2.13. The van der Waals surface area contributed by atoms with Crippen LogP contribution in [0.3, 0.4) is 0 Å². The number of aromatic hydroxyl groups is 1. The van der Waals surface area contributed by atoms with Gasteiger partial charge in [-0.1, -0.05) is 0 Å². The Hall–Kier alpha value is -1.31. The molecule has 0 atom stereocenters. The molecule has 0 saturated heterocycles. The monoisotopic (exact) mass is 376 g/mol. The highest BCUT2D eigenvalue weighted by Crippen LogP contribution is 2.19. The zero-order valence-electron chi connectivity index (χ0n) is 11.1. The average Bonchev–Trinajstić information content (AvgIpc) is 2.27. The lowest BCUT2D eigenvalue weighted by molar-refractivity contribution is -0.121. The lowest BCUT2D eigenvalue weighted by Gasteiger charge is -2.20. The molecule has 19 heavy (non-hydrogen) atoms. The molecule has 1 rings (SSSR count). The Bertz CT molecular complexity index is 495. The third-order valence-corrected chi connectivity index (χ3v) is 2.80. The number of hydrogen-bond acceptors (Lipinski definition) is 3. The van der Waals surface area contributed by atoms with Gasteiger partial charge in [-0.05, 0) is 61.6 Å². The van der Waals surface area contributed by atoms with Crippen LogP contribution in [0.1, 0.15) is 31.1 Å². The molecule has 0 aliphatic heterocycles. The van der Waals surface area contributed by atoms with Crippen molar-refractivity contribution in [2.24, 2.45) is 0 Å². The van der Waals surface area contributed by atoms with Crippen LogP contribution in [0.15, 0.2) is 18.2 Å². The minimum absolute atomic E-state index is 0.103. The molecule has 3 N–H and O–H groups in total. The maximum absolute atomic E-state index is 11.8. The van der Waals surface area contributed by atoms with Crippen LogP contribution in [0.25, 0.3) is 0 Å². The Kier molecular flexibility index (Phi) is 5.16. The Morgan fingerprint density at radius 2 is 1.95 bits per heavy atom. The number of carbonyl (C=O) groups excluding carboxylic acids is 2. The number of phenolic OH excluding ortho intramolecular Hbond substituents is 1. The maximum atomic E-state index is 11.8. The van der Waals surface area contributed by atoms with Crippen LogP contribution in [-0.4, -0.2) is 29.0 Å². The van der Waals surface area contributed by atoms with Crippen molar-refractivity contribution < 1.29 is 14.7 Å². The molecule has 0 saturated carbocycles. The van der Waals surface area contributed by atoms with Crippen molar-refractivity contribution in [1.82, 2.24) is 10.6 Å². The molecule has 0 radical (unpaired) electrons. The van der Waals surface area contributed by atoms with Crippen molar-refractivity contribution in [1.29, 1.82) is 0 Å². The van der Waals surface area contributed by atoms with Crippen molar-refractivity contribution in [2.75, 3.05) is 6.54 Å². The second kappa shape index (κ2) is 6.23. The Labute approximate surface area is 125 Å². The summed E-state index contributed by atoms with van der Waals surface area (Å²) >= 11 is 2.04. The normalized spacial score (nSPS) is 10.9. The number of phenols is 1. The summed E-state index contributed by atoms with van der Waals surface area (Å²) in [5.74, 6) is -0.847. The van der Waals surface area contributed by atoms with Gasteiger partial charge in [-0.2, -0.15) is 0 Å². The summed E-state index contributed by atoms with van der Waals surface area (Å²) < 4.78 is 0.833. The van der Waals surface area contributed by atoms with Gasteiger partial charge < -0.3 is 15.7 Å². The van der Waals surface area contributed by atoms with Gasteiger partial charge in [-0.25, -0.2) is 0 Å². The fourth-order valence-corrected chi connectivity index (χ4v) is 1.90. The van der Waals surface area contributed by atoms with Gasteiger partial charge in [0.1, 0.15) is 5.75 Å². The largest absolute Gasteiger partial charge is 0.507 e. The smallest absolute Gasteiger partial charge is 0.255 e. The molecule has 0 aliphatic carbocycles. The first-order valence-corrected chi connectivity index (χ1v) is 6.84. The summed E-state index contributed by atoms with van der Waals surface area (Å²) in [6, 6.07) is 4.71. The van der Waals surface area contributed by atoms with E-state index in [4.69, 9.17) is 0 Å². The minimum Gasteiger partial charge on any atom is -0.507 e. The molecule has 1 aromatic rings. The first-order valence-electron chi connectivity index (χ1n) is 5.77.